The van der Waals surface area contributed by atoms with Crippen LogP contribution in [0.5, 0.6) is 0 Å². The van der Waals surface area contributed by atoms with E-state index in [1.165, 1.54) is 12.4 Å². The van der Waals surface area contributed by atoms with Crippen molar-refractivity contribution in [3.8, 4) is 11.3 Å². The maximum atomic E-state index is 13.5. The van der Waals surface area contributed by atoms with Gasteiger partial charge in [-0.2, -0.15) is 0 Å². The molecule has 2 aromatic rings. The van der Waals surface area contributed by atoms with Crippen LogP contribution in [0.4, 0.5) is 4.39 Å². The topological polar surface area (TPSA) is 25.8 Å². The third-order valence-corrected chi connectivity index (χ3v) is 2.33. The minimum Gasteiger partial charge on any atom is -0.245 e. The van der Waals surface area contributed by atoms with Gasteiger partial charge in [-0.3, -0.25) is 0 Å². The maximum absolute atomic E-state index is 13.5. The Labute approximate surface area is 87.8 Å². The lowest BCUT2D eigenvalue weighted by molar-refractivity contribution is 0.613. The molecule has 76 valence electrons. The van der Waals surface area contributed by atoms with Crippen molar-refractivity contribution in [1.82, 2.24) is 9.97 Å². The molecule has 15 heavy (non-hydrogen) atoms. The van der Waals surface area contributed by atoms with Gasteiger partial charge in [0.1, 0.15) is 12.1 Å². The van der Waals surface area contributed by atoms with Gasteiger partial charge in [-0.25, -0.2) is 14.4 Å². The summed E-state index contributed by atoms with van der Waals surface area (Å²) in [6.45, 7) is 1.93. The van der Waals surface area contributed by atoms with Gasteiger partial charge in [0.05, 0.1) is 5.69 Å². The Bertz CT molecular complexity index is 454. The summed E-state index contributed by atoms with van der Waals surface area (Å²) in [5, 5.41) is 0. The van der Waals surface area contributed by atoms with E-state index in [2.05, 4.69) is 9.97 Å². The molecule has 0 unspecified atom stereocenters. The highest BCUT2D eigenvalue weighted by molar-refractivity contribution is 5.63. The zero-order chi connectivity index (χ0) is 10.7. The van der Waals surface area contributed by atoms with E-state index < -0.39 is 0 Å². The molecule has 0 aliphatic heterocycles. The van der Waals surface area contributed by atoms with Crippen LogP contribution in [-0.4, -0.2) is 9.97 Å². The number of nitrogens with zero attached hydrogens (tertiary/aromatic N) is 2. The van der Waals surface area contributed by atoms with E-state index in [1.54, 1.807) is 18.3 Å². The fraction of sp³-hybridized carbons (Fsp3) is 0.167. The van der Waals surface area contributed by atoms with Gasteiger partial charge in [0.25, 0.3) is 0 Å². The van der Waals surface area contributed by atoms with Crippen LogP contribution in [0.15, 0.2) is 36.8 Å². The Balaban J connectivity index is 2.58. The lowest BCUT2D eigenvalue weighted by atomic mass is 10.0. The monoisotopic (exact) mass is 202 g/mol. The van der Waals surface area contributed by atoms with Gasteiger partial charge in [0, 0.05) is 11.8 Å². The molecular weight excluding hydrogens is 191 g/mol. The molecule has 1 aromatic carbocycles. The third-order valence-electron chi connectivity index (χ3n) is 2.33. The number of hydrogen-bond acceptors (Lipinski definition) is 2. The maximum Gasteiger partial charge on any atom is 0.127 e. The molecule has 0 spiro atoms. The minimum absolute atomic E-state index is 0.173. The summed E-state index contributed by atoms with van der Waals surface area (Å²) in [5.41, 5.74) is 2.32. The van der Waals surface area contributed by atoms with Crippen molar-refractivity contribution in [2.45, 2.75) is 13.3 Å². The van der Waals surface area contributed by atoms with Gasteiger partial charge in [0.15, 0.2) is 0 Å². The van der Waals surface area contributed by atoms with Crippen LogP contribution >= 0.6 is 0 Å². The van der Waals surface area contributed by atoms with Gasteiger partial charge in [-0.15, -0.1) is 0 Å². The predicted molar refractivity (Wildman–Crippen MR) is 56.8 cm³/mol. The lowest BCUT2D eigenvalue weighted by Crippen LogP contribution is -1.94. The number of aromatic nitrogens is 2. The van der Waals surface area contributed by atoms with Crippen molar-refractivity contribution in [2.75, 3.05) is 0 Å². The van der Waals surface area contributed by atoms with E-state index in [0.717, 1.165) is 11.3 Å². The van der Waals surface area contributed by atoms with E-state index in [-0.39, 0.29) is 5.82 Å². The molecule has 0 amide bonds. The molecule has 0 radical (unpaired) electrons. The molecule has 0 aliphatic carbocycles. The first-order chi connectivity index (χ1) is 7.33. The van der Waals surface area contributed by atoms with Crippen molar-refractivity contribution in [2.24, 2.45) is 0 Å². The fourth-order valence-electron chi connectivity index (χ4n) is 1.61. The van der Waals surface area contributed by atoms with Gasteiger partial charge in [0.2, 0.25) is 0 Å². The molecule has 1 heterocycles. The second-order valence-corrected chi connectivity index (χ2v) is 3.21. The van der Waals surface area contributed by atoms with E-state index in [9.17, 15) is 4.39 Å². The van der Waals surface area contributed by atoms with Gasteiger partial charge in [-0.05, 0) is 24.1 Å². The SMILES string of the molecule is CCc1c(F)cccc1-c1ccncn1. The van der Waals surface area contributed by atoms with Crippen LogP contribution < -0.4 is 0 Å². The van der Waals surface area contributed by atoms with Crippen molar-refractivity contribution in [3.05, 3.63) is 48.2 Å². The Morgan fingerprint density at radius 3 is 2.80 bits per heavy atom. The first kappa shape index (κ1) is 9.77. The molecule has 2 nitrogen and oxygen atoms in total. The van der Waals surface area contributed by atoms with Crippen LogP contribution in [0.2, 0.25) is 0 Å². The second-order valence-electron chi connectivity index (χ2n) is 3.21. The molecule has 0 saturated carbocycles. The zero-order valence-electron chi connectivity index (χ0n) is 8.44. The number of halogens is 1. The molecule has 0 aliphatic rings. The van der Waals surface area contributed by atoms with Crippen molar-refractivity contribution >= 4 is 0 Å². The van der Waals surface area contributed by atoms with Gasteiger partial charge in [-0.1, -0.05) is 19.1 Å². The summed E-state index contributed by atoms with van der Waals surface area (Å²) in [5.74, 6) is -0.173. The molecule has 1 aromatic heterocycles. The van der Waals surface area contributed by atoms with E-state index in [4.69, 9.17) is 0 Å². The standard InChI is InChI=1S/C12H11FN2/c1-2-9-10(4-3-5-11(9)13)12-6-7-14-8-15-12/h3-8H,2H2,1H3. The minimum atomic E-state index is -0.173. The third kappa shape index (κ3) is 1.86. The quantitative estimate of drug-likeness (QED) is 0.748. The average molecular weight is 202 g/mol. The molecule has 2 rings (SSSR count). The summed E-state index contributed by atoms with van der Waals surface area (Å²) in [6.07, 6.45) is 3.79. The summed E-state index contributed by atoms with van der Waals surface area (Å²) < 4.78 is 13.5. The fourth-order valence-corrected chi connectivity index (χ4v) is 1.61. The predicted octanol–water partition coefficient (Wildman–Crippen LogP) is 2.85. The molecule has 0 bridgehead atoms. The Kier molecular flexibility index (Phi) is 2.72. The lowest BCUT2D eigenvalue weighted by Gasteiger charge is -2.07. The van der Waals surface area contributed by atoms with Crippen molar-refractivity contribution in [1.29, 1.82) is 0 Å². The van der Waals surface area contributed by atoms with Crippen LogP contribution in [0.1, 0.15) is 12.5 Å². The number of benzene rings is 1. The van der Waals surface area contributed by atoms with E-state index in [0.29, 0.717) is 12.0 Å². The summed E-state index contributed by atoms with van der Waals surface area (Å²) in [6, 6.07) is 6.84. The van der Waals surface area contributed by atoms with E-state index in [1.807, 2.05) is 13.0 Å². The molecule has 3 heteroatoms. The summed E-state index contributed by atoms with van der Waals surface area (Å²) in [4.78, 5) is 7.96. The number of hydrogen-bond donors (Lipinski definition) is 0. The summed E-state index contributed by atoms with van der Waals surface area (Å²) in [7, 11) is 0. The average Bonchev–Trinajstić information content (AvgIpc) is 2.30. The Hall–Kier alpha value is -1.77. The smallest absolute Gasteiger partial charge is 0.127 e. The molecular formula is C12H11FN2. The Morgan fingerprint density at radius 1 is 1.27 bits per heavy atom. The normalized spacial score (nSPS) is 10.3. The highest BCUT2D eigenvalue weighted by atomic mass is 19.1. The summed E-state index contributed by atoms with van der Waals surface area (Å²) >= 11 is 0. The van der Waals surface area contributed by atoms with Crippen LogP contribution in [0.3, 0.4) is 0 Å². The molecule has 0 atom stereocenters. The van der Waals surface area contributed by atoms with Crippen molar-refractivity contribution < 1.29 is 4.39 Å². The van der Waals surface area contributed by atoms with Crippen LogP contribution in [-0.2, 0) is 6.42 Å². The van der Waals surface area contributed by atoms with Crippen LogP contribution in [0.25, 0.3) is 11.3 Å². The highest BCUT2D eigenvalue weighted by Gasteiger charge is 2.08. The first-order valence-electron chi connectivity index (χ1n) is 4.86. The molecule has 0 fully saturated rings. The zero-order valence-corrected chi connectivity index (χ0v) is 8.44. The second kappa shape index (κ2) is 4.17. The first-order valence-corrected chi connectivity index (χ1v) is 4.86. The largest absolute Gasteiger partial charge is 0.245 e. The molecule has 0 N–H and O–H groups in total. The van der Waals surface area contributed by atoms with Gasteiger partial charge >= 0.3 is 0 Å². The van der Waals surface area contributed by atoms with E-state index >= 15 is 0 Å². The molecule has 0 saturated heterocycles. The number of rotatable bonds is 2. The van der Waals surface area contributed by atoms with Gasteiger partial charge < -0.3 is 0 Å². The Morgan fingerprint density at radius 2 is 2.13 bits per heavy atom. The van der Waals surface area contributed by atoms with Crippen LogP contribution in [0, 0.1) is 5.82 Å². The van der Waals surface area contributed by atoms with Crippen molar-refractivity contribution in [3.63, 3.8) is 0 Å². The highest BCUT2D eigenvalue weighted by Crippen LogP contribution is 2.23.